The minimum absolute atomic E-state index is 0.0157. The molecule has 0 saturated heterocycles. The average molecular weight is 789 g/mol. The molecule has 9 atom stereocenters. The summed E-state index contributed by atoms with van der Waals surface area (Å²) in [6.07, 6.45) is 6.83. The van der Waals surface area contributed by atoms with E-state index in [1.807, 2.05) is 18.2 Å². The molecule has 6 rings (SSSR count). The molecule has 4 saturated carbocycles. The topological polar surface area (TPSA) is 133 Å². The number of rotatable bonds is 13. The number of carbonyl (C=O) groups is 4. The van der Waals surface area contributed by atoms with E-state index < -0.39 is 28.9 Å². The fraction of sp³-hybridized carbons (Fsp3) is 0.750. The smallest absolute Gasteiger partial charge is 0.309 e. The molecule has 5 aliphatic carbocycles. The van der Waals surface area contributed by atoms with Crippen LogP contribution in [0.25, 0.3) is 0 Å². The third-order valence-electron chi connectivity index (χ3n) is 17.0. The molecule has 1 aromatic carbocycles. The van der Waals surface area contributed by atoms with Gasteiger partial charge in [-0.2, -0.15) is 0 Å². The number of ether oxygens (including phenoxy) is 1. The SMILES string of the molecule is CC(=O)NCCN(Cc1ccccc1)CC(O)C12CCC3(C)C(CCC4C5(C)CCC(OC(=O)CC(C)(C)C(=O)O)C(C)(C)C5CCC43C)C1=C(C(C)C)C(=O)C2. The summed E-state index contributed by atoms with van der Waals surface area (Å²) in [6.45, 7) is 23.3. The molecule has 0 spiro atoms. The molecule has 316 valence electrons. The molecule has 1 amide bonds. The summed E-state index contributed by atoms with van der Waals surface area (Å²) in [6, 6.07) is 10.3. The van der Waals surface area contributed by atoms with E-state index in [0.717, 1.165) is 62.5 Å². The van der Waals surface area contributed by atoms with Gasteiger partial charge in [0.25, 0.3) is 0 Å². The van der Waals surface area contributed by atoms with Crippen LogP contribution in [0.15, 0.2) is 41.5 Å². The predicted octanol–water partition coefficient (Wildman–Crippen LogP) is 8.38. The Labute approximate surface area is 342 Å². The summed E-state index contributed by atoms with van der Waals surface area (Å²) in [4.78, 5) is 53.3. The number of amides is 1. The van der Waals surface area contributed by atoms with Crippen LogP contribution in [0.5, 0.6) is 0 Å². The van der Waals surface area contributed by atoms with Crippen LogP contribution in [0.4, 0.5) is 0 Å². The third-order valence-corrected chi connectivity index (χ3v) is 17.0. The van der Waals surface area contributed by atoms with E-state index in [0.29, 0.717) is 44.4 Å². The lowest BCUT2D eigenvalue weighted by Crippen LogP contribution is -2.66. The molecule has 9 heteroatoms. The van der Waals surface area contributed by atoms with Gasteiger partial charge in [0.15, 0.2) is 5.78 Å². The van der Waals surface area contributed by atoms with Crippen LogP contribution in [-0.2, 0) is 30.5 Å². The Balaban J connectivity index is 1.28. The van der Waals surface area contributed by atoms with E-state index in [9.17, 15) is 29.4 Å². The number of allylic oxidation sites excluding steroid dienone is 1. The molecule has 9 unspecified atom stereocenters. The number of nitrogens with zero attached hydrogens (tertiary/aromatic N) is 1. The summed E-state index contributed by atoms with van der Waals surface area (Å²) >= 11 is 0. The molecule has 0 aromatic heterocycles. The maximum atomic E-state index is 14.3. The van der Waals surface area contributed by atoms with Crippen LogP contribution in [0.3, 0.4) is 0 Å². The fourth-order valence-corrected chi connectivity index (χ4v) is 13.8. The fourth-order valence-electron chi connectivity index (χ4n) is 13.8. The van der Waals surface area contributed by atoms with E-state index >= 15 is 0 Å². The maximum Gasteiger partial charge on any atom is 0.309 e. The number of nitrogens with one attached hydrogen (secondary N) is 1. The van der Waals surface area contributed by atoms with Gasteiger partial charge in [0.05, 0.1) is 17.9 Å². The van der Waals surface area contributed by atoms with Crippen LogP contribution >= 0.6 is 0 Å². The number of hydrogen-bond acceptors (Lipinski definition) is 7. The molecule has 0 aliphatic heterocycles. The van der Waals surface area contributed by atoms with Crippen molar-refractivity contribution in [2.24, 2.45) is 56.2 Å². The monoisotopic (exact) mass is 789 g/mol. The summed E-state index contributed by atoms with van der Waals surface area (Å²) in [5.74, 6) is -0.209. The van der Waals surface area contributed by atoms with Crippen LogP contribution in [-0.4, -0.2) is 70.6 Å². The lowest BCUT2D eigenvalue weighted by Gasteiger charge is -2.72. The molecule has 1 aromatic rings. The maximum absolute atomic E-state index is 14.3. The van der Waals surface area contributed by atoms with E-state index in [1.54, 1.807) is 13.8 Å². The molecular weight excluding hydrogens is 717 g/mol. The zero-order valence-electron chi connectivity index (χ0n) is 36.6. The molecule has 0 radical (unpaired) electrons. The number of Topliss-reactive ketones (excluding diaryl/α,β-unsaturated/α-hetero) is 1. The summed E-state index contributed by atoms with van der Waals surface area (Å²) in [7, 11) is 0. The van der Waals surface area contributed by atoms with Gasteiger partial charge in [-0.05, 0) is 116 Å². The number of ketones is 1. The Morgan fingerprint density at radius 2 is 1.61 bits per heavy atom. The number of hydrogen-bond donors (Lipinski definition) is 3. The van der Waals surface area contributed by atoms with Crippen molar-refractivity contribution in [1.29, 1.82) is 0 Å². The van der Waals surface area contributed by atoms with Gasteiger partial charge in [0.2, 0.25) is 5.91 Å². The molecule has 3 N–H and O–H groups in total. The van der Waals surface area contributed by atoms with E-state index in [4.69, 9.17) is 4.74 Å². The highest BCUT2D eigenvalue weighted by Gasteiger charge is 2.71. The van der Waals surface area contributed by atoms with E-state index in [1.165, 1.54) is 12.5 Å². The first-order chi connectivity index (χ1) is 26.5. The predicted molar refractivity (Wildman–Crippen MR) is 222 cm³/mol. The molecular formula is C48H72N2O7. The van der Waals surface area contributed by atoms with Gasteiger partial charge >= 0.3 is 11.9 Å². The zero-order chi connectivity index (χ0) is 41.9. The molecule has 9 nitrogen and oxygen atoms in total. The van der Waals surface area contributed by atoms with Crippen molar-refractivity contribution in [1.82, 2.24) is 10.2 Å². The Kier molecular flexibility index (Phi) is 11.9. The van der Waals surface area contributed by atoms with Crippen molar-refractivity contribution in [2.45, 2.75) is 152 Å². The first kappa shape index (κ1) is 43.5. The van der Waals surface area contributed by atoms with E-state index in [2.05, 4.69) is 70.8 Å². The van der Waals surface area contributed by atoms with Crippen LogP contribution in [0.1, 0.15) is 139 Å². The number of esters is 1. The first-order valence-corrected chi connectivity index (χ1v) is 21.9. The molecule has 57 heavy (non-hydrogen) atoms. The van der Waals surface area contributed by atoms with Gasteiger partial charge in [-0.15, -0.1) is 0 Å². The Hall–Kier alpha value is -3.04. The van der Waals surface area contributed by atoms with Crippen molar-refractivity contribution in [3.05, 3.63) is 47.0 Å². The standard InChI is InChI=1S/C48H72N2O7/c1-30(2)40-34(52)26-48(37(53)29-50(25-24-49-31(3)51)28-32-14-12-11-13-15-32)23-22-46(9)33(41(40)48)16-17-36-45(8)20-19-38(57-39(54)27-43(4,5)42(55)56)44(6,7)35(45)18-21-47(36,46)10/h11-15,30,33,35-38,53H,16-29H2,1-10H3,(H,49,51)(H,55,56). The quantitative estimate of drug-likeness (QED) is 0.170. The van der Waals surface area contributed by atoms with Crippen LogP contribution < -0.4 is 5.32 Å². The van der Waals surface area contributed by atoms with Crippen molar-refractivity contribution < 1.29 is 34.1 Å². The van der Waals surface area contributed by atoms with Gasteiger partial charge in [-0.3, -0.25) is 24.1 Å². The number of carbonyl (C=O) groups excluding carboxylic acids is 3. The minimum atomic E-state index is -1.18. The Bertz CT molecular complexity index is 1750. The highest BCUT2D eigenvalue weighted by molar-refractivity contribution is 6.00. The number of aliphatic hydroxyl groups excluding tert-OH is 1. The third kappa shape index (κ3) is 7.44. The highest BCUT2D eigenvalue weighted by atomic mass is 16.5. The molecule has 0 heterocycles. The Morgan fingerprint density at radius 3 is 2.25 bits per heavy atom. The number of aliphatic carboxylic acids is 1. The van der Waals surface area contributed by atoms with Gasteiger partial charge < -0.3 is 20.3 Å². The van der Waals surface area contributed by atoms with Crippen LogP contribution in [0.2, 0.25) is 0 Å². The first-order valence-electron chi connectivity index (χ1n) is 21.9. The lowest BCUT2D eigenvalue weighted by atomic mass is 9.33. The largest absolute Gasteiger partial charge is 0.481 e. The average Bonchev–Trinajstić information content (AvgIpc) is 3.43. The summed E-state index contributed by atoms with van der Waals surface area (Å²) < 4.78 is 6.19. The minimum Gasteiger partial charge on any atom is -0.481 e. The second-order valence-corrected chi connectivity index (χ2v) is 21.3. The van der Waals surface area contributed by atoms with Gasteiger partial charge in [0, 0.05) is 50.4 Å². The summed E-state index contributed by atoms with van der Waals surface area (Å²) in [5.41, 5.74) is 1.32. The number of carboxylic acids is 1. The van der Waals surface area contributed by atoms with Crippen LogP contribution in [0, 0.1) is 56.2 Å². The number of benzene rings is 1. The van der Waals surface area contributed by atoms with Crippen molar-refractivity contribution in [2.75, 3.05) is 19.6 Å². The Morgan fingerprint density at radius 1 is 0.930 bits per heavy atom. The van der Waals surface area contributed by atoms with E-state index in [-0.39, 0.29) is 57.7 Å². The lowest BCUT2D eigenvalue weighted by molar-refractivity contribution is -0.235. The van der Waals surface area contributed by atoms with Crippen molar-refractivity contribution in [3.63, 3.8) is 0 Å². The number of carboxylic acid groups (broad SMARTS) is 1. The van der Waals surface area contributed by atoms with Gasteiger partial charge in [-0.1, -0.05) is 84.4 Å². The second-order valence-electron chi connectivity index (χ2n) is 21.3. The highest BCUT2D eigenvalue weighted by Crippen LogP contribution is 2.77. The van der Waals surface area contributed by atoms with Crippen molar-refractivity contribution in [3.8, 4) is 0 Å². The normalized spacial score (nSPS) is 35.2. The van der Waals surface area contributed by atoms with Gasteiger partial charge in [0.1, 0.15) is 6.10 Å². The second kappa shape index (κ2) is 15.5. The molecule has 4 fully saturated rings. The van der Waals surface area contributed by atoms with Crippen molar-refractivity contribution >= 4 is 23.6 Å². The van der Waals surface area contributed by atoms with Gasteiger partial charge in [-0.25, -0.2) is 0 Å². The molecule has 0 bridgehead atoms. The summed E-state index contributed by atoms with van der Waals surface area (Å²) in [5, 5.41) is 25.2. The molecule has 5 aliphatic rings. The zero-order valence-corrected chi connectivity index (χ0v) is 36.6. The number of fused-ring (bicyclic) bond motifs is 7. The number of aliphatic hydroxyl groups is 1.